The molecule has 2 aliphatic carbocycles. The third-order valence-corrected chi connectivity index (χ3v) is 6.31. The molecule has 5 heteroatoms. The minimum atomic E-state index is -3.09. The lowest BCUT2D eigenvalue weighted by Gasteiger charge is -2.23. The standard InChI is InChI=1S/C12H22ClNO2S/c13-9-8-12(6-7-12)10-14-17(15,16)11-4-2-1-3-5-11/h11,14H,1-10H2. The second-order valence-electron chi connectivity index (χ2n) is 5.57. The molecule has 0 amide bonds. The van der Waals surface area contributed by atoms with Gasteiger partial charge in [0.1, 0.15) is 0 Å². The van der Waals surface area contributed by atoms with Crippen LogP contribution in [0.5, 0.6) is 0 Å². The van der Waals surface area contributed by atoms with Crippen molar-refractivity contribution in [1.29, 1.82) is 0 Å². The first-order chi connectivity index (χ1) is 8.08. The molecule has 17 heavy (non-hydrogen) atoms. The lowest BCUT2D eigenvalue weighted by Crippen LogP contribution is -2.38. The average molecular weight is 280 g/mol. The Hall–Kier alpha value is 0.200. The molecule has 1 N–H and O–H groups in total. The van der Waals surface area contributed by atoms with Crippen LogP contribution >= 0.6 is 11.6 Å². The molecule has 0 unspecified atom stereocenters. The van der Waals surface area contributed by atoms with Crippen molar-refractivity contribution in [2.24, 2.45) is 5.41 Å². The summed E-state index contributed by atoms with van der Waals surface area (Å²) in [4.78, 5) is 0. The topological polar surface area (TPSA) is 46.2 Å². The second-order valence-corrected chi connectivity index (χ2v) is 7.99. The van der Waals surface area contributed by atoms with Crippen LogP contribution in [0.25, 0.3) is 0 Å². The van der Waals surface area contributed by atoms with E-state index in [4.69, 9.17) is 11.6 Å². The summed E-state index contributed by atoms with van der Waals surface area (Å²) in [5.74, 6) is 0.630. The van der Waals surface area contributed by atoms with Gasteiger partial charge in [0.2, 0.25) is 10.0 Å². The molecule has 0 aromatic rings. The van der Waals surface area contributed by atoms with Gasteiger partial charge in [-0.05, 0) is 37.5 Å². The Morgan fingerprint density at radius 2 is 1.82 bits per heavy atom. The van der Waals surface area contributed by atoms with E-state index in [0.29, 0.717) is 12.4 Å². The first-order valence-corrected chi connectivity index (χ1v) is 8.71. The first-order valence-electron chi connectivity index (χ1n) is 6.62. The molecule has 0 aromatic heterocycles. The van der Waals surface area contributed by atoms with E-state index in [2.05, 4.69) is 4.72 Å². The lowest BCUT2D eigenvalue weighted by molar-refractivity contribution is 0.453. The van der Waals surface area contributed by atoms with Gasteiger partial charge in [0.25, 0.3) is 0 Å². The monoisotopic (exact) mass is 279 g/mol. The van der Waals surface area contributed by atoms with Crippen molar-refractivity contribution < 1.29 is 8.42 Å². The molecule has 2 saturated carbocycles. The molecule has 0 aromatic carbocycles. The third-order valence-electron chi connectivity index (χ3n) is 4.22. The van der Waals surface area contributed by atoms with Crippen molar-refractivity contribution >= 4 is 21.6 Å². The van der Waals surface area contributed by atoms with Crippen molar-refractivity contribution in [3.8, 4) is 0 Å². The van der Waals surface area contributed by atoms with E-state index < -0.39 is 10.0 Å². The van der Waals surface area contributed by atoms with Gasteiger partial charge >= 0.3 is 0 Å². The number of nitrogens with one attached hydrogen (secondary N) is 1. The summed E-state index contributed by atoms with van der Waals surface area (Å²) in [5, 5.41) is -0.150. The second kappa shape index (κ2) is 5.45. The van der Waals surface area contributed by atoms with E-state index in [1.54, 1.807) is 0 Å². The summed E-state index contributed by atoms with van der Waals surface area (Å²) < 4.78 is 27.1. The van der Waals surface area contributed by atoms with Crippen LogP contribution in [0.3, 0.4) is 0 Å². The molecule has 0 saturated heterocycles. The molecule has 0 aliphatic heterocycles. The van der Waals surface area contributed by atoms with Crippen LogP contribution in [0.4, 0.5) is 0 Å². The largest absolute Gasteiger partial charge is 0.214 e. The Bertz CT molecular complexity index is 346. The molecular weight excluding hydrogens is 258 g/mol. The van der Waals surface area contributed by atoms with E-state index in [1.165, 1.54) is 6.42 Å². The van der Waals surface area contributed by atoms with Crippen molar-refractivity contribution in [3.05, 3.63) is 0 Å². The highest BCUT2D eigenvalue weighted by Gasteiger charge is 2.43. The molecule has 0 heterocycles. The van der Waals surface area contributed by atoms with Crippen LogP contribution in [0.15, 0.2) is 0 Å². The Labute approximate surface area is 109 Å². The van der Waals surface area contributed by atoms with Gasteiger partial charge in [-0.2, -0.15) is 0 Å². The van der Waals surface area contributed by atoms with Gasteiger partial charge in [-0.1, -0.05) is 19.3 Å². The van der Waals surface area contributed by atoms with Crippen molar-refractivity contribution in [2.75, 3.05) is 12.4 Å². The molecule has 2 rings (SSSR count). The summed E-state index contributed by atoms with van der Waals surface area (Å²) in [6.07, 6.45) is 8.12. The predicted octanol–water partition coefficient (Wildman–Crippen LogP) is 2.65. The smallest absolute Gasteiger partial charge is 0.214 e. The minimum absolute atomic E-state index is 0.150. The number of rotatable bonds is 6. The molecular formula is C12H22ClNO2S. The summed E-state index contributed by atoms with van der Waals surface area (Å²) in [5.41, 5.74) is 0.184. The van der Waals surface area contributed by atoms with Gasteiger partial charge in [-0.25, -0.2) is 13.1 Å². The lowest BCUT2D eigenvalue weighted by atomic mass is 10.0. The molecule has 2 fully saturated rings. The Morgan fingerprint density at radius 3 is 2.35 bits per heavy atom. The maximum atomic E-state index is 12.1. The first kappa shape index (κ1) is 13.6. The molecule has 0 atom stereocenters. The minimum Gasteiger partial charge on any atom is -0.214 e. The Morgan fingerprint density at radius 1 is 1.18 bits per heavy atom. The van der Waals surface area contributed by atoms with Crippen LogP contribution in [0.2, 0.25) is 0 Å². The third kappa shape index (κ3) is 3.58. The van der Waals surface area contributed by atoms with Crippen LogP contribution in [-0.2, 0) is 10.0 Å². The van der Waals surface area contributed by atoms with Crippen LogP contribution < -0.4 is 4.72 Å². The van der Waals surface area contributed by atoms with Crippen molar-refractivity contribution in [1.82, 2.24) is 4.72 Å². The van der Waals surface area contributed by atoms with Crippen molar-refractivity contribution in [3.63, 3.8) is 0 Å². The zero-order valence-electron chi connectivity index (χ0n) is 10.3. The van der Waals surface area contributed by atoms with Gasteiger partial charge in [-0.15, -0.1) is 11.6 Å². The summed E-state index contributed by atoms with van der Waals surface area (Å²) in [6.45, 7) is 0.596. The van der Waals surface area contributed by atoms with E-state index in [1.807, 2.05) is 0 Å². The molecule has 2 aliphatic rings. The van der Waals surface area contributed by atoms with Crippen LogP contribution in [-0.4, -0.2) is 26.1 Å². The molecule has 100 valence electrons. The zero-order valence-corrected chi connectivity index (χ0v) is 11.8. The van der Waals surface area contributed by atoms with Crippen molar-refractivity contribution in [2.45, 2.75) is 56.6 Å². The quantitative estimate of drug-likeness (QED) is 0.760. The number of sulfonamides is 1. The fourth-order valence-corrected chi connectivity index (χ4v) is 4.74. The number of hydrogen-bond acceptors (Lipinski definition) is 2. The molecule has 3 nitrogen and oxygen atoms in total. The molecule has 0 radical (unpaired) electrons. The van der Waals surface area contributed by atoms with E-state index in [9.17, 15) is 8.42 Å². The maximum absolute atomic E-state index is 12.1. The van der Waals surface area contributed by atoms with Gasteiger partial charge in [0, 0.05) is 12.4 Å². The van der Waals surface area contributed by atoms with Crippen LogP contribution in [0, 0.1) is 5.41 Å². The summed E-state index contributed by atoms with van der Waals surface area (Å²) in [7, 11) is -3.09. The van der Waals surface area contributed by atoms with Gasteiger partial charge in [-0.3, -0.25) is 0 Å². The molecule has 0 spiro atoms. The highest BCUT2D eigenvalue weighted by Crippen LogP contribution is 2.48. The normalized spacial score (nSPS) is 24.8. The fraction of sp³-hybridized carbons (Fsp3) is 1.00. The highest BCUT2D eigenvalue weighted by atomic mass is 35.5. The Kier molecular flexibility index (Phi) is 4.37. The maximum Gasteiger partial charge on any atom is 0.214 e. The molecule has 0 bridgehead atoms. The Balaban J connectivity index is 1.84. The predicted molar refractivity (Wildman–Crippen MR) is 70.8 cm³/mol. The fourth-order valence-electron chi connectivity index (χ4n) is 2.64. The zero-order chi connectivity index (χ0) is 12.4. The number of halogens is 1. The van der Waals surface area contributed by atoms with Gasteiger partial charge in [0.15, 0.2) is 0 Å². The summed E-state index contributed by atoms with van der Waals surface area (Å²) in [6, 6.07) is 0. The van der Waals surface area contributed by atoms with Gasteiger partial charge in [0.05, 0.1) is 5.25 Å². The SMILES string of the molecule is O=S(=O)(NCC1(CCCl)CC1)C1CCCCC1. The summed E-state index contributed by atoms with van der Waals surface area (Å²) >= 11 is 5.75. The van der Waals surface area contributed by atoms with Crippen LogP contribution in [0.1, 0.15) is 51.4 Å². The average Bonchev–Trinajstić information content (AvgIpc) is 3.09. The van der Waals surface area contributed by atoms with E-state index in [0.717, 1.165) is 44.9 Å². The number of alkyl halides is 1. The van der Waals surface area contributed by atoms with E-state index in [-0.39, 0.29) is 10.7 Å². The number of hydrogen-bond donors (Lipinski definition) is 1. The van der Waals surface area contributed by atoms with E-state index >= 15 is 0 Å². The highest BCUT2D eigenvalue weighted by molar-refractivity contribution is 7.90. The van der Waals surface area contributed by atoms with Gasteiger partial charge < -0.3 is 0 Å².